The molecule has 1 aromatic rings. The van der Waals surface area contributed by atoms with Gasteiger partial charge in [0.1, 0.15) is 6.04 Å². The number of carbonyl (C=O) groups is 2. The van der Waals surface area contributed by atoms with Crippen molar-refractivity contribution in [1.82, 2.24) is 4.90 Å². The van der Waals surface area contributed by atoms with Crippen LogP contribution in [0, 0.1) is 0 Å². The molecule has 0 spiro atoms. The molecule has 2 fully saturated rings. The normalized spacial score (nSPS) is 25.4. The van der Waals surface area contributed by atoms with Crippen LogP contribution in [0.3, 0.4) is 0 Å². The van der Waals surface area contributed by atoms with Gasteiger partial charge in [-0.05, 0) is 58.4 Å². The Hall–Kier alpha value is -1.69. The second-order valence-corrected chi connectivity index (χ2v) is 8.68. The zero-order valence-electron chi connectivity index (χ0n) is 15.4. The number of amides is 2. The summed E-state index contributed by atoms with van der Waals surface area (Å²) in [5, 5.41) is 2.98. The summed E-state index contributed by atoms with van der Waals surface area (Å²) in [5.41, 5.74) is 1.92. The molecular formula is C19H27N3O2S. The van der Waals surface area contributed by atoms with Crippen molar-refractivity contribution in [1.29, 1.82) is 0 Å². The van der Waals surface area contributed by atoms with E-state index in [1.165, 1.54) is 0 Å². The molecule has 3 rings (SSSR count). The number of nitrogens with one attached hydrogen (secondary N) is 1. The van der Waals surface area contributed by atoms with E-state index in [0.717, 1.165) is 24.3 Å². The third-order valence-electron chi connectivity index (χ3n) is 5.18. The Morgan fingerprint density at radius 1 is 1.40 bits per heavy atom. The van der Waals surface area contributed by atoms with E-state index in [1.54, 1.807) is 16.7 Å². The predicted molar refractivity (Wildman–Crippen MR) is 104 cm³/mol. The first kappa shape index (κ1) is 18.1. The monoisotopic (exact) mass is 361 g/mol. The molecule has 2 aliphatic heterocycles. The van der Waals surface area contributed by atoms with Crippen LogP contribution in [0.15, 0.2) is 24.3 Å². The fourth-order valence-corrected chi connectivity index (χ4v) is 5.25. The van der Waals surface area contributed by atoms with E-state index in [1.807, 2.05) is 24.3 Å². The van der Waals surface area contributed by atoms with Gasteiger partial charge in [-0.1, -0.05) is 0 Å². The lowest BCUT2D eigenvalue weighted by atomic mass is 10.2. The van der Waals surface area contributed by atoms with E-state index >= 15 is 0 Å². The van der Waals surface area contributed by atoms with Crippen molar-refractivity contribution in [3.05, 3.63) is 24.3 Å². The first-order valence-electron chi connectivity index (χ1n) is 8.99. The summed E-state index contributed by atoms with van der Waals surface area (Å²) in [6, 6.07) is 8.00. The molecule has 1 aromatic carbocycles. The first-order chi connectivity index (χ1) is 11.9. The molecule has 0 unspecified atom stereocenters. The number of thioether (sulfide) groups is 1. The second-order valence-electron chi connectivity index (χ2n) is 7.18. The summed E-state index contributed by atoms with van der Waals surface area (Å²) >= 11 is 1.72. The van der Waals surface area contributed by atoms with Gasteiger partial charge in [-0.15, -0.1) is 11.8 Å². The lowest BCUT2D eigenvalue weighted by Gasteiger charge is -2.30. The molecule has 5 nitrogen and oxygen atoms in total. The lowest BCUT2D eigenvalue weighted by molar-refractivity contribution is -0.135. The van der Waals surface area contributed by atoms with Crippen LogP contribution in [0.5, 0.6) is 0 Å². The average molecular weight is 362 g/mol. The number of fused-ring (bicyclic) bond motifs is 1. The van der Waals surface area contributed by atoms with E-state index < -0.39 is 0 Å². The number of rotatable bonds is 5. The van der Waals surface area contributed by atoms with Gasteiger partial charge in [0.05, 0.1) is 4.87 Å². The third kappa shape index (κ3) is 3.36. The Kier molecular flexibility index (Phi) is 5.00. The molecule has 2 saturated heterocycles. The Labute approximate surface area is 154 Å². The van der Waals surface area contributed by atoms with Crippen LogP contribution < -0.4 is 10.2 Å². The molecule has 2 atom stereocenters. The standard InChI is InChI=1S/C19H27N3O2S/c1-5-21(13(2)3)15-8-6-14(7-9-15)20-18(24)16-12-25-19(4)11-10-17(23)22(16)19/h6-9,13,16H,5,10-12H2,1-4H3,(H,20,24)/t16-,19+/m0/s1. The summed E-state index contributed by atoms with van der Waals surface area (Å²) in [6.45, 7) is 9.48. The van der Waals surface area contributed by atoms with Crippen LogP contribution in [0.4, 0.5) is 11.4 Å². The molecule has 1 N–H and O–H groups in total. The highest BCUT2D eigenvalue weighted by Gasteiger charge is 2.52. The second kappa shape index (κ2) is 6.90. The van der Waals surface area contributed by atoms with Gasteiger partial charge in [-0.2, -0.15) is 0 Å². The van der Waals surface area contributed by atoms with Crippen LogP contribution >= 0.6 is 11.8 Å². The number of hydrogen-bond donors (Lipinski definition) is 1. The predicted octanol–water partition coefficient (Wildman–Crippen LogP) is 3.31. The van der Waals surface area contributed by atoms with Crippen molar-refractivity contribution in [3.63, 3.8) is 0 Å². The third-order valence-corrected chi connectivity index (χ3v) is 6.68. The maximum atomic E-state index is 12.7. The topological polar surface area (TPSA) is 52.7 Å². The molecule has 136 valence electrons. The Morgan fingerprint density at radius 2 is 2.08 bits per heavy atom. The van der Waals surface area contributed by atoms with E-state index in [0.29, 0.717) is 18.2 Å². The van der Waals surface area contributed by atoms with Crippen molar-refractivity contribution in [2.75, 3.05) is 22.5 Å². The number of hydrogen-bond acceptors (Lipinski definition) is 4. The molecule has 25 heavy (non-hydrogen) atoms. The number of nitrogens with zero attached hydrogens (tertiary/aromatic N) is 2. The SMILES string of the molecule is CCN(c1ccc(NC(=O)[C@@H]2CS[C@]3(C)CCC(=O)N23)cc1)C(C)C. The number of anilines is 2. The van der Waals surface area contributed by atoms with Gasteiger partial charge in [-0.25, -0.2) is 0 Å². The van der Waals surface area contributed by atoms with Crippen molar-refractivity contribution in [2.45, 2.75) is 57.5 Å². The zero-order chi connectivity index (χ0) is 18.2. The molecule has 0 radical (unpaired) electrons. The number of carbonyl (C=O) groups excluding carboxylic acids is 2. The summed E-state index contributed by atoms with van der Waals surface area (Å²) in [6.07, 6.45) is 1.38. The maximum absolute atomic E-state index is 12.7. The molecular weight excluding hydrogens is 334 g/mol. The van der Waals surface area contributed by atoms with E-state index in [4.69, 9.17) is 0 Å². The smallest absolute Gasteiger partial charge is 0.248 e. The van der Waals surface area contributed by atoms with E-state index in [-0.39, 0.29) is 22.7 Å². The summed E-state index contributed by atoms with van der Waals surface area (Å²) in [4.78, 5) is 28.8. The van der Waals surface area contributed by atoms with E-state index in [2.05, 4.69) is 37.9 Å². The minimum Gasteiger partial charge on any atom is -0.369 e. The van der Waals surface area contributed by atoms with Gasteiger partial charge in [0.25, 0.3) is 0 Å². The summed E-state index contributed by atoms with van der Waals surface area (Å²) in [5.74, 6) is 0.678. The average Bonchev–Trinajstić information content (AvgIpc) is 3.06. The molecule has 0 saturated carbocycles. The fraction of sp³-hybridized carbons (Fsp3) is 0.579. The first-order valence-corrected chi connectivity index (χ1v) is 9.98. The van der Waals surface area contributed by atoms with Crippen molar-refractivity contribution < 1.29 is 9.59 Å². The minimum atomic E-state index is -0.368. The highest BCUT2D eigenvalue weighted by atomic mass is 32.2. The number of benzene rings is 1. The van der Waals surface area contributed by atoms with Gasteiger partial charge in [0.2, 0.25) is 11.8 Å². The Bertz CT molecular complexity index is 661. The lowest BCUT2D eigenvalue weighted by Crippen LogP contribution is -2.48. The van der Waals surface area contributed by atoms with Crippen LogP contribution in [0.1, 0.15) is 40.5 Å². The molecule has 6 heteroatoms. The summed E-state index contributed by atoms with van der Waals surface area (Å²) in [7, 11) is 0. The Balaban J connectivity index is 1.68. The fourth-order valence-electron chi connectivity index (χ4n) is 3.82. The van der Waals surface area contributed by atoms with Gasteiger partial charge in [0, 0.05) is 36.1 Å². The minimum absolute atomic E-state index is 0.0876. The molecule has 2 aliphatic rings. The largest absolute Gasteiger partial charge is 0.369 e. The van der Waals surface area contributed by atoms with Crippen molar-refractivity contribution >= 4 is 35.0 Å². The van der Waals surface area contributed by atoms with Gasteiger partial charge < -0.3 is 15.1 Å². The highest BCUT2D eigenvalue weighted by Crippen LogP contribution is 2.47. The molecule has 0 aromatic heterocycles. The summed E-state index contributed by atoms with van der Waals surface area (Å²) < 4.78 is 0. The molecule has 2 amide bonds. The Morgan fingerprint density at radius 3 is 2.68 bits per heavy atom. The van der Waals surface area contributed by atoms with Crippen LogP contribution in [-0.2, 0) is 9.59 Å². The van der Waals surface area contributed by atoms with Crippen LogP contribution in [0.25, 0.3) is 0 Å². The zero-order valence-corrected chi connectivity index (χ0v) is 16.2. The van der Waals surface area contributed by atoms with Gasteiger partial charge >= 0.3 is 0 Å². The van der Waals surface area contributed by atoms with Gasteiger partial charge in [-0.3, -0.25) is 9.59 Å². The highest BCUT2D eigenvalue weighted by molar-refractivity contribution is 8.01. The molecule has 0 bridgehead atoms. The van der Waals surface area contributed by atoms with E-state index in [9.17, 15) is 9.59 Å². The van der Waals surface area contributed by atoms with Crippen LogP contribution in [0.2, 0.25) is 0 Å². The molecule has 0 aliphatic carbocycles. The van der Waals surface area contributed by atoms with Crippen molar-refractivity contribution in [2.24, 2.45) is 0 Å². The molecule has 2 heterocycles. The van der Waals surface area contributed by atoms with Crippen molar-refractivity contribution in [3.8, 4) is 0 Å². The quantitative estimate of drug-likeness (QED) is 0.874. The van der Waals surface area contributed by atoms with Gasteiger partial charge in [0.15, 0.2) is 0 Å². The van der Waals surface area contributed by atoms with Crippen LogP contribution in [-0.4, -0.2) is 46.0 Å². The maximum Gasteiger partial charge on any atom is 0.248 e.